The van der Waals surface area contributed by atoms with E-state index in [1.54, 1.807) is 55.6 Å². The van der Waals surface area contributed by atoms with Gasteiger partial charge in [-0.05, 0) is 54.4 Å². The predicted molar refractivity (Wildman–Crippen MR) is 116 cm³/mol. The van der Waals surface area contributed by atoms with E-state index in [0.29, 0.717) is 34.6 Å². The van der Waals surface area contributed by atoms with Crippen LogP contribution in [0, 0.1) is 35.5 Å². The number of allylic oxidation sites excluding steroid dienone is 2. The van der Waals surface area contributed by atoms with Crippen LogP contribution >= 0.6 is 0 Å². The second kappa shape index (κ2) is 7.05. The SMILES string of the molecule is COc1cccc(C(=O)COc2cccc(N3C(=O)[C@H]4[C@@H]5C=C[C@H]([C@H]6C[C@H]56)[C@@H]4C3=O)c2)c1. The van der Waals surface area contributed by atoms with E-state index in [0.717, 1.165) is 6.42 Å². The van der Waals surface area contributed by atoms with Crippen LogP contribution in [0.15, 0.2) is 60.7 Å². The fourth-order valence-electron chi connectivity index (χ4n) is 5.95. The van der Waals surface area contributed by atoms with Gasteiger partial charge in [0.05, 0.1) is 24.6 Å². The lowest BCUT2D eigenvalue weighted by atomic mass is 9.63. The van der Waals surface area contributed by atoms with E-state index in [9.17, 15) is 14.4 Å². The van der Waals surface area contributed by atoms with Crippen molar-refractivity contribution in [1.82, 2.24) is 0 Å². The Kier molecular flexibility index (Phi) is 4.25. The van der Waals surface area contributed by atoms with Crippen LogP contribution in [0.25, 0.3) is 0 Å². The van der Waals surface area contributed by atoms with Crippen molar-refractivity contribution >= 4 is 23.3 Å². The lowest BCUT2D eigenvalue weighted by Crippen LogP contribution is -2.40. The van der Waals surface area contributed by atoms with Gasteiger partial charge in [0.2, 0.25) is 11.8 Å². The Balaban J connectivity index is 1.20. The van der Waals surface area contributed by atoms with Crippen LogP contribution in [0.3, 0.4) is 0 Å². The Bertz CT molecular complexity index is 1130. The minimum atomic E-state index is -0.236. The molecule has 0 spiro atoms. The first-order valence-corrected chi connectivity index (χ1v) is 11.0. The van der Waals surface area contributed by atoms with Crippen molar-refractivity contribution in [2.24, 2.45) is 35.5 Å². The zero-order valence-electron chi connectivity index (χ0n) is 17.6. The molecular formula is C26H23NO5. The normalized spacial score (nSPS) is 31.3. The van der Waals surface area contributed by atoms with Crippen LogP contribution in [-0.2, 0) is 9.59 Å². The molecule has 6 atom stereocenters. The highest BCUT2D eigenvalue weighted by molar-refractivity contribution is 6.22. The van der Waals surface area contributed by atoms with Crippen molar-refractivity contribution < 1.29 is 23.9 Å². The third-order valence-electron chi connectivity index (χ3n) is 7.50. The first-order valence-electron chi connectivity index (χ1n) is 11.0. The molecule has 7 rings (SSSR count). The molecule has 3 fully saturated rings. The van der Waals surface area contributed by atoms with Gasteiger partial charge in [-0.3, -0.25) is 14.4 Å². The van der Waals surface area contributed by atoms with Gasteiger partial charge >= 0.3 is 0 Å². The number of methoxy groups -OCH3 is 1. The molecule has 2 saturated carbocycles. The van der Waals surface area contributed by atoms with Gasteiger partial charge in [0.1, 0.15) is 11.5 Å². The maximum Gasteiger partial charge on any atom is 0.238 e. The Morgan fingerprint density at radius 3 is 2.28 bits per heavy atom. The molecule has 0 N–H and O–H groups in total. The number of ether oxygens (including phenoxy) is 2. The van der Waals surface area contributed by atoms with Gasteiger partial charge in [0.25, 0.3) is 0 Å². The molecule has 2 bridgehead atoms. The molecule has 1 saturated heterocycles. The maximum atomic E-state index is 13.3. The molecule has 2 amide bonds. The van der Waals surface area contributed by atoms with Crippen molar-refractivity contribution in [3.63, 3.8) is 0 Å². The maximum absolute atomic E-state index is 13.3. The Labute approximate surface area is 185 Å². The van der Waals surface area contributed by atoms with Crippen LogP contribution < -0.4 is 14.4 Å². The summed E-state index contributed by atoms with van der Waals surface area (Å²) in [7, 11) is 1.55. The number of hydrogen-bond acceptors (Lipinski definition) is 5. The van der Waals surface area contributed by atoms with Crippen molar-refractivity contribution in [2.75, 3.05) is 18.6 Å². The van der Waals surface area contributed by atoms with Crippen LogP contribution in [-0.4, -0.2) is 31.3 Å². The molecule has 1 aliphatic heterocycles. The molecule has 5 aliphatic rings. The number of amides is 2. The number of imide groups is 1. The number of Topliss-reactive ketones (excluding diaryl/α,β-unsaturated/α-hetero) is 1. The van der Waals surface area contributed by atoms with E-state index in [1.807, 2.05) is 0 Å². The zero-order chi connectivity index (χ0) is 22.0. The summed E-state index contributed by atoms with van der Waals surface area (Å²) < 4.78 is 10.9. The first kappa shape index (κ1) is 19.3. The number of hydrogen-bond donors (Lipinski definition) is 0. The number of carbonyl (C=O) groups excluding carboxylic acids is 3. The van der Waals surface area contributed by atoms with Gasteiger partial charge in [0.15, 0.2) is 12.4 Å². The van der Waals surface area contributed by atoms with Crippen molar-refractivity contribution in [1.29, 1.82) is 0 Å². The highest BCUT2D eigenvalue weighted by Gasteiger charge is 2.67. The molecule has 2 aromatic carbocycles. The van der Waals surface area contributed by atoms with E-state index < -0.39 is 0 Å². The van der Waals surface area contributed by atoms with E-state index in [2.05, 4.69) is 12.2 Å². The quantitative estimate of drug-likeness (QED) is 0.399. The van der Waals surface area contributed by atoms with E-state index in [4.69, 9.17) is 9.47 Å². The molecule has 1 heterocycles. The third kappa shape index (κ3) is 2.82. The minimum absolute atomic E-state index is 0.102. The molecule has 162 valence electrons. The Morgan fingerprint density at radius 1 is 0.938 bits per heavy atom. The Morgan fingerprint density at radius 2 is 1.59 bits per heavy atom. The van der Waals surface area contributed by atoms with Crippen molar-refractivity contribution in [3.8, 4) is 11.5 Å². The second-order valence-electron chi connectivity index (χ2n) is 9.11. The Hall–Kier alpha value is -3.41. The summed E-state index contributed by atoms with van der Waals surface area (Å²) in [4.78, 5) is 40.4. The van der Waals surface area contributed by atoms with E-state index in [-0.39, 0.29) is 47.9 Å². The monoisotopic (exact) mass is 429 g/mol. The number of anilines is 1. The summed E-state index contributed by atoms with van der Waals surface area (Å²) in [5, 5.41) is 0. The van der Waals surface area contributed by atoms with Gasteiger partial charge in [-0.15, -0.1) is 0 Å². The van der Waals surface area contributed by atoms with Crippen molar-refractivity contribution in [3.05, 3.63) is 66.2 Å². The molecule has 0 aromatic heterocycles. The molecular weight excluding hydrogens is 406 g/mol. The summed E-state index contributed by atoms with van der Waals surface area (Å²) in [6, 6.07) is 13.8. The molecule has 6 nitrogen and oxygen atoms in total. The summed E-state index contributed by atoms with van der Waals surface area (Å²) in [5.41, 5.74) is 1.00. The summed E-state index contributed by atoms with van der Waals surface area (Å²) in [5.74, 6) is 1.71. The van der Waals surface area contributed by atoms with Gasteiger partial charge in [-0.25, -0.2) is 4.90 Å². The molecule has 0 radical (unpaired) electrons. The van der Waals surface area contributed by atoms with Gasteiger partial charge in [-0.1, -0.05) is 30.4 Å². The predicted octanol–water partition coefficient (Wildman–Crippen LogP) is 3.51. The summed E-state index contributed by atoms with van der Waals surface area (Å²) in [6.45, 7) is -0.152. The highest BCUT2D eigenvalue weighted by Crippen LogP contribution is 2.65. The lowest BCUT2D eigenvalue weighted by molar-refractivity contribution is -0.124. The number of ketones is 1. The topological polar surface area (TPSA) is 72.9 Å². The highest BCUT2D eigenvalue weighted by atomic mass is 16.5. The number of nitrogens with zero attached hydrogens (tertiary/aromatic N) is 1. The van der Waals surface area contributed by atoms with Crippen LogP contribution in [0.1, 0.15) is 16.8 Å². The molecule has 32 heavy (non-hydrogen) atoms. The van der Waals surface area contributed by atoms with Crippen LogP contribution in [0.5, 0.6) is 11.5 Å². The van der Waals surface area contributed by atoms with E-state index in [1.165, 1.54) is 4.90 Å². The molecule has 4 aliphatic carbocycles. The standard InChI is InChI=1S/C26H23NO5/c1-31-16-6-2-4-14(10-16)22(28)13-32-17-7-3-5-15(11-17)27-25(29)23-18-8-9-19(21-12-20(18)21)24(23)26(27)30/h2-11,18-21,23-24H,12-13H2,1H3/t18-,19-,20-,21-,23+,24+/m1/s1. The fourth-order valence-corrected chi connectivity index (χ4v) is 5.95. The number of benzene rings is 2. The molecule has 6 heteroatoms. The second-order valence-corrected chi connectivity index (χ2v) is 9.11. The van der Waals surface area contributed by atoms with Gasteiger partial charge in [0, 0.05) is 11.6 Å². The average Bonchev–Trinajstić information content (AvgIpc) is 3.61. The minimum Gasteiger partial charge on any atom is -0.497 e. The van der Waals surface area contributed by atoms with Gasteiger partial charge < -0.3 is 9.47 Å². The fraction of sp³-hybridized carbons (Fsp3) is 0.346. The van der Waals surface area contributed by atoms with Crippen LogP contribution in [0.2, 0.25) is 0 Å². The third-order valence-corrected chi connectivity index (χ3v) is 7.50. The summed E-state index contributed by atoms with van der Waals surface area (Å²) in [6.07, 6.45) is 5.47. The van der Waals surface area contributed by atoms with Gasteiger partial charge in [-0.2, -0.15) is 0 Å². The molecule has 0 unspecified atom stereocenters. The smallest absolute Gasteiger partial charge is 0.238 e. The summed E-state index contributed by atoms with van der Waals surface area (Å²) >= 11 is 0. The van der Waals surface area contributed by atoms with E-state index >= 15 is 0 Å². The number of carbonyl (C=O) groups is 3. The average molecular weight is 429 g/mol. The molecule has 2 aromatic rings. The first-order chi connectivity index (χ1) is 15.6. The zero-order valence-corrected chi connectivity index (χ0v) is 17.6. The lowest BCUT2D eigenvalue weighted by Gasteiger charge is -2.37. The number of rotatable bonds is 6. The largest absolute Gasteiger partial charge is 0.497 e. The van der Waals surface area contributed by atoms with Crippen LogP contribution in [0.4, 0.5) is 5.69 Å². The van der Waals surface area contributed by atoms with Crippen molar-refractivity contribution in [2.45, 2.75) is 6.42 Å².